The van der Waals surface area contributed by atoms with Crippen molar-refractivity contribution in [3.05, 3.63) is 24.3 Å². The van der Waals surface area contributed by atoms with E-state index in [1.165, 1.54) is 0 Å². The minimum absolute atomic E-state index is 0.189. The summed E-state index contributed by atoms with van der Waals surface area (Å²) in [5.41, 5.74) is 6.34. The van der Waals surface area contributed by atoms with Crippen molar-refractivity contribution < 1.29 is 56.9 Å². The Hall–Kier alpha value is -2.07. The molecule has 0 fully saturated rings. The van der Waals surface area contributed by atoms with E-state index in [0.717, 1.165) is 12.2 Å². The Morgan fingerprint density at radius 2 is 0.791 bits per heavy atom. The number of anilines is 1. The highest BCUT2D eigenvalue weighted by Crippen LogP contribution is 2.12. The lowest BCUT2D eigenvalue weighted by molar-refractivity contribution is -0.145. The SMILES string of the molecule is CCCC(=O)OCCOCCOCCOCCOCCOCCOCCOCCOCCOCCOc1ccc(N)cc1. The van der Waals surface area contributed by atoms with Crippen LogP contribution >= 0.6 is 0 Å². The Morgan fingerprint density at radius 1 is 0.488 bits per heavy atom. The molecular weight excluding hydrogens is 566 g/mol. The molecule has 1 aromatic rings. The van der Waals surface area contributed by atoms with Gasteiger partial charge in [0.05, 0.1) is 119 Å². The van der Waals surface area contributed by atoms with Crippen molar-refractivity contribution in [3.63, 3.8) is 0 Å². The second kappa shape index (κ2) is 31.4. The van der Waals surface area contributed by atoms with E-state index < -0.39 is 0 Å². The number of carbonyl (C=O) groups is 1. The lowest BCUT2D eigenvalue weighted by Gasteiger charge is -2.09. The Morgan fingerprint density at radius 3 is 1.12 bits per heavy atom. The normalized spacial score (nSPS) is 11.2. The first-order chi connectivity index (χ1) is 21.2. The quantitative estimate of drug-likeness (QED) is 0.0697. The number of carbonyl (C=O) groups excluding carboxylic acids is 1. The minimum Gasteiger partial charge on any atom is -0.491 e. The van der Waals surface area contributed by atoms with E-state index in [-0.39, 0.29) is 12.6 Å². The molecule has 0 aliphatic heterocycles. The van der Waals surface area contributed by atoms with Gasteiger partial charge in [-0.1, -0.05) is 6.92 Å². The maximum Gasteiger partial charge on any atom is 0.305 e. The van der Waals surface area contributed by atoms with Gasteiger partial charge in [0.15, 0.2) is 0 Å². The van der Waals surface area contributed by atoms with E-state index in [0.29, 0.717) is 138 Å². The summed E-state index contributed by atoms with van der Waals surface area (Å²) in [5, 5.41) is 0. The van der Waals surface area contributed by atoms with Gasteiger partial charge in [-0.25, -0.2) is 0 Å². The van der Waals surface area contributed by atoms with Crippen LogP contribution in [0.5, 0.6) is 5.75 Å². The summed E-state index contributed by atoms with van der Waals surface area (Å²) in [5.74, 6) is 0.581. The van der Waals surface area contributed by atoms with Crippen molar-refractivity contribution in [3.8, 4) is 5.75 Å². The molecule has 0 radical (unpaired) electrons. The summed E-state index contributed by atoms with van der Waals surface area (Å²) in [6.07, 6.45) is 1.23. The summed E-state index contributed by atoms with van der Waals surface area (Å²) < 4.78 is 59.5. The summed E-state index contributed by atoms with van der Waals surface area (Å²) in [7, 11) is 0. The van der Waals surface area contributed by atoms with Gasteiger partial charge in [0, 0.05) is 12.1 Å². The van der Waals surface area contributed by atoms with E-state index in [1.54, 1.807) is 12.1 Å². The standard InChI is InChI=1S/C30H53NO12/c1-2-3-30(32)43-27-25-41-23-21-39-19-17-37-15-13-35-11-9-33-8-10-34-12-14-36-16-18-38-20-22-40-24-26-42-29-6-4-28(31)5-7-29/h4-7H,2-3,8-27,31H2,1H3. The van der Waals surface area contributed by atoms with E-state index in [2.05, 4.69) is 0 Å². The summed E-state index contributed by atoms with van der Waals surface area (Å²) in [4.78, 5) is 11.2. The van der Waals surface area contributed by atoms with Gasteiger partial charge >= 0.3 is 5.97 Å². The molecule has 0 amide bonds. The maximum atomic E-state index is 11.2. The third-order valence-corrected chi connectivity index (χ3v) is 5.30. The average Bonchev–Trinajstić information content (AvgIpc) is 3.01. The fourth-order valence-electron chi connectivity index (χ4n) is 3.13. The molecule has 0 aromatic heterocycles. The van der Waals surface area contributed by atoms with Crippen molar-refractivity contribution in [2.75, 3.05) is 138 Å². The molecule has 0 saturated heterocycles. The molecule has 0 atom stereocenters. The number of esters is 1. The van der Waals surface area contributed by atoms with Crippen LogP contribution in [0.4, 0.5) is 5.69 Å². The highest BCUT2D eigenvalue weighted by molar-refractivity contribution is 5.69. The molecular formula is C30H53NO12. The summed E-state index contributed by atoms with van der Waals surface area (Å²) in [6.45, 7) is 11.4. The third-order valence-electron chi connectivity index (χ3n) is 5.30. The van der Waals surface area contributed by atoms with Crippen molar-refractivity contribution in [2.45, 2.75) is 19.8 Å². The molecule has 0 aliphatic rings. The predicted molar refractivity (Wildman–Crippen MR) is 160 cm³/mol. The second-order valence-corrected chi connectivity index (χ2v) is 8.90. The van der Waals surface area contributed by atoms with Gasteiger partial charge in [0.25, 0.3) is 0 Å². The minimum atomic E-state index is -0.189. The number of ether oxygens (including phenoxy) is 11. The van der Waals surface area contributed by atoms with Gasteiger partial charge in [-0.15, -0.1) is 0 Å². The first-order valence-corrected chi connectivity index (χ1v) is 15.1. The fourth-order valence-corrected chi connectivity index (χ4v) is 3.13. The number of nitrogen functional groups attached to an aromatic ring is 1. The molecule has 0 saturated carbocycles. The Kier molecular flexibility index (Phi) is 28.4. The lowest BCUT2D eigenvalue weighted by atomic mass is 10.3. The smallest absolute Gasteiger partial charge is 0.305 e. The predicted octanol–water partition coefficient (Wildman–Crippen LogP) is 2.14. The van der Waals surface area contributed by atoms with Gasteiger partial charge < -0.3 is 57.8 Å². The zero-order valence-electron chi connectivity index (χ0n) is 25.8. The molecule has 250 valence electrons. The molecule has 43 heavy (non-hydrogen) atoms. The zero-order chi connectivity index (χ0) is 30.9. The Labute approximate surface area is 256 Å². The van der Waals surface area contributed by atoms with Gasteiger partial charge in [0.1, 0.15) is 19.0 Å². The molecule has 0 bridgehead atoms. The van der Waals surface area contributed by atoms with E-state index in [1.807, 2.05) is 19.1 Å². The fraction of sp³-hybridized carbons (Fsp3) is 0.767. The van der Waals surface area contributed by atoms with Crippen LogP contribution < -0.4 is 10.5 Å². The lowest BCUT2D eigenvalue weighted by Crippen LogP contribution is -2.15. The van der Waals surface area contributed by atoms with Gasteiger partial charge in [-0.2, -0.15) is 0 Å². The van der Waals surface area contributed by atoms with Crippen molar-refractivity contribution in [2.24, 2.45) is 0 Å². The van der Waals surface area contributed by atoms with Crippen LogP contribution in [0.3, 0.4) is 0 Å². The van der Waals surface area contributed by atoms with Crippen molar-refractivity contribution in [1.29, 1.82) is 0 Å². The largest absolute Gasteiger partial charge is 0.491 e. The van der Waals surface area contributed by atoms with Crippen LogP contribution in [-0.4, -0.2) is 138 Å². The van der Waals surface area contributed by atoms with Crippen molar-refractivity contribution >= 4 is 11.7 Å². The monoisotopic (exact) mass is 619 g/mol. The summed E-state index contributed by atoms with van der Waals surface area (Å²) in [6, 6.07) is 7.25. The third kappa shape index (κ3) is 28.5. The van der Waals surface area contributed by atoms with Crippen LogP contribution in [0.15, 0.2) is 24.3 Å². The Balaban J connectivity index is 1.64. The van der Waals surface area contributed by atoms with Gasteiger partial charge in [0.2, 0.25) is 0 Å². The first kappa shape index (κ1) is 39.0. The first-order valence-electron chi connectivity index (χ1n) is 15.1. The van der Waals surface area contributed by atoms with Crippen LogP contribution in [0.1, 0.15) is 19.8 Å². The topological polar surface area (TPSA) is 145 Å². The van der Waals surface area contributed by atoms with E-state index >= 15 is 0 Å². The number of benzene rings is 1. The van der Waals surface area contributed by atoms with E-state index in [4.69, 9.17) is 57.8 Å². The highest BCUT2D eigenvalue weighted by Gasteiger charge is 2.00. The average molecular weight is 620 g/mol. The highest BCUT2D eigenvalue weighted by atomic mass is 16.6. The van der Waals surface area contributed by atoms with Crippen LogP contribution in [-0.2, 0) is 52.2 Å². The maximum absolute atomic E-state index is 11.2. The molecule has 0 heterocycles. The second-order valence-electron chi connectivity index (χ2n) is 8.90. The molecule has 2 N–H and O–H groups in total. The summed E-state index contributed by atoms with van der Waals surface area (Å²) >= 11 is 0. The number of rotatable bonds is 33. The molecule has 0 unspecified atom stereocenters. The van der Waals surface area contributed by atoms with Crippen molar-refractivity contribution in [1.82, 2.24) is 0 Å². The number of hydrogen-bond donors (Lipinski definition) is 1. The molecule has 13 heteroatoms. The molecule has 1 rings (SSSR count). The molecule has 0 spiro atoms. The molecule has 0 aliphatic carbocycles. The molecule has 1 aromatic carbocycles. The Bertz CT molecular complexity index is 726. The molecule has 13 nitrogen and oxygen atoms in total. The van der Waals surface area contributed by atoms with Gasteiger partial charge in [-0.3, -0.25) is 4.79 Å². The van der Waals surface area contributed by atoms with E-state index in [9.17, 15) is 4.79 Å². The van der Waals surface area contributed by atoms with Crippen LogP contribution in [0, 0.1) is 0 Å². The van der Waals surface area contributed by atoms with Gasteiger partial charge in [-0.05, 0) is 30.7 Å². The van der Waals surface area contributed by atoms with Crippen LogP contribution in [0.2, 0.25) is 0 Å². The van der Waals surface area contributed by atoms with Crippen LogP contribution in [0.25, 0.3) is 0 Å². The number of nitrogens with two attached hydrogens (primary N) is 1. The number of hydrogen-bond acceptors (Lipinski definition) is 13. The zero-order valence-corrected chi connectivity index (χ0v) is 25.8.